The van der Waals surface area contributed by atoms with E-state index in [2.05, 4.69) is 66.4 Å². The van der Waals surface area contributed by atoms with E-state index in [0.29, 0.717) is 6.17 Å². The third-order valence-electron chi connectivity index (χ3n) is 4.76. The van der Waals surface area contributed by atoms with Gasteiger partial charge in [-0.15, -0.1) is 0 Å². The molecule has 0 spiro atoms. The van der Waals surface area contributed by atoms with Gasteiger partial charge in [0.2, 0.25) is 0 Å². The summed E-state index contributed by atoms with van der Waals surface area (Å²) < 4.78 is 0. The molecule has 23 heavy (non-hydrogen) atoms. The molecular weight excluding hydrogens is 280 g/mol. The first-order valence-corrected chi connectivity index (χ1v) is 9.64. The van der Waals surface area contributed by atoms with Gasteiger partial charge >= 0.3 is 0 Å². The molecule has 1 heterocycles. The predicted molar refractivity (Wildman–Crippen MR) is 101 cm³/mol. The molecule has 0 saturated heterocycles. The molecule has 1 aromatic carbocycles. The lowest BCUT2D eigenvalue weighted by Gasteiger charge is -2.33. The maximum Gasteiger partial charge on any atom is 0.105 e. The van der Waals surface area contributed by atoms with Crippen molar-refractivity contribution in [1.29, 1.82) is 0 Å². The van der Waals surface area contributed by atoms with Crippen molar-refractivity contribution in [2.45, 2.75) is 77.8 Å². The van der Waals surface area contributed by atoms with Crippen LogP contribution < -0.4 is 4.90 Å². The molecule has 2 nitrogen and oxygen atoms in total. The monoisotopic (exact) mass is 314 g/mol. The lowest BCUT2D eigenvalue weighted by Crippen LogP contribution is -2.39. The molecule has 0 saturated carbocycles. The Hall–Kier alpha value is -1.44. The van der Waals surface area contributed by atoms with Crippen LogP contribution in [0.1, 0.15) is 71.6 Å². The van der Waals surface area contributed by atoms with Crippen molar-refractivity contribution in [2.24, 2.45) is 0 Å². The molecule has 1 aliphatic rings. The van der Waals surface area contributed by atoms with Gasteiger partial charge in [-0.05, 0) is 31.4 Å². The van der Waals surface area contributed by atoms with Crippen LogP contribution in [0.5, 0.6) is 0 Å². The van der Waals surface area contributed by atoms with E-state index >= 15 is 0 Å². The lowest BCUT2D eigenvalue weighted by molar-refractivity contribution is 0.274. The Morgan fingerprint density at radius 2 is 1.48 bits per heavy atom. The third kappa shape index (κ3) is 5.60. The van der Waals surface area contributed by atoms with Crippen LogP contribution in [-0.2, 0) is 0 Å². The van der Waals surface area contributed by atoms with Gasteiger partial charge in [0, 0.05) is 24.6 Å². The Morgan fingerprint density at radius 3 is 2.22 bits per heavy atom. The van der Waals surface area contributed by atoms with Crippen molar-refractivity contribution in [1.82, 2.24) is 4.90 Å². The van der Waals surface area contributed by atoms with Gasteiger partial charge in [-0.1, -0.05) is 70.6 Å². The highest BCUT2D eigenvalue weighted by atomic mass is 15.4. The first-order valence-electron chi connectivity index (χ1n) is 9.64. The van der Waals surface area contributed by atoms with E-state index in [9.17, 15) is 0 Å². The second-order valence-electron chi connectivity index (χ2n) is 6.67. The van der Waals surface area contributed by atoms with Gasteiger partial charge in [0.15, 0.2) is 0 Å². The first-order chi connectivity index (χ1) is 11.4. The molecule has 0 aromatic heterocycles. The molecule has 128 valence electrons. The first kappa shape index (κ1) is 17.9. The van der Waals surface area contributed by atoms with E-state index in [-0.39, 0.29) is 0 Å². The van der Waals surface area contributed by atoms with Crippen molar-refractivity contribution < 1.29 is 0 Å². The number of nitrogens with zero attached hydrogens (tertiary/aromatic N) is 2. The van der Waals surface area contributed by atoms with Crippen LogP contribution in [0.25, 0.3) is 0 Å². The number of anilines is 1. The zero-order valence-electron chi connectivity index (χ0n) is 15.1. The molecule has 1 unspecified atom stereocenters. The SMILES string of the molecule is CCCCCCCC1N(CCCCC)C=CN1c1ccccc1. The minimum atomic E-state index is 0.510. The van der Waals surface area contributed by atoms with Crippen LogP contribution >= 0.6 is 0 Å². The number of benzene rings is 1. The highest BCUT2D eigenvalue weighted by molar-refractivity contribution is 5.51. The average molecular weight is 315 g/mol. The summed E-state index contributed by atoms with van der Waals surface area (Å²) in [6.07, 6.45) is 17.1. The molecule has 0 radical (unpaired) electrons. The Kier molecular flexibility index (Phi) is 8.06. The summed E-state index contributed by atoms with van der Waals surface area (Å²) in [5, 5.41) is 0. The number of hydrogen-bond donors (Lipinski definition) is 0. The summed E-state index contributed by atoms with van der Waals surface area (Å²) in [6.45, 7) is 5.75. The van der Waals surface area contributed by atoms with Crippen molar-refractivity contribution in [3.8, 4) is 0 Å². The molecule has 0 aliphatic carbocycles. The molecule has 0 N–H and O–H groups in total. The van der Waals surface area contributed by atoms with Gasteiger partial charge in [0.05, 0.1) is 0 Å². The molecule has 1 aliphatic heterocycles. The molecule has 0 bridgehead atoms. The molecule has 0 amide bonds. The second kappa shape index (κ2) is 10.4. The van der Waals surface area contributed by atoms with Crippen molar-refractivity contribution >= 4 is 5.69 Å². The fraction of sp³-hybridized carbons (Fsp3) is 0.619. The number of rotatable bonds is 11. The molecule has 2 heteroatoms. The fourth-order valence-electron chi connectivity index (χ4n) is 3.38. The number of para-hydroxylation sites is 1. The second-order valence-corrected chi connectivity index (χ2v) is 6.67. The highest BCUT2D eigenvalue weighted by Crippen LogP contribution is 2.28. The minimum absolute atomic E-state index is 0.510. The molecular formula is C21H34N2. The zero-order chi connectivity index (χ0) is 16.3. The minimum Gasteiger partial charge on any atom is -0.356 e. The van der Waals surface area contributed by atoms with Crippen LogP contribution in [0.2, 0.25) is 0 Å². The molecule has 0 fully saturated rings. The smallest absolute Gasteiger partial charge is 0.105 e. The highest BCUT2D eigenvalue weighted by Gasteiger charge is 2.26. The Morgan fingerprint density at radius 1 is 0.783 bits per heavy atom. The summed E-state index contributed by atoms with van der Waals surface area (Å²) >= 11 is 0. The summed E-state index contributed by atoms with van der Waals surface area (Å²) in [5.74, 6) is 0. The van der Waals surface area contributed by atoms with Crippen LogP contribution in [0.3, 0.4) is 0 Å². The standard InChI is InChI=1S/C21H34N2/c1-3-5-7-8-12-16-21-22(17-13-6-4-2)18-19-23(21)20-14-10-9-11-15-20/h9-11,14-15,18-19,21H,3-8,12-13,16-17H2,1-2H3. The van der Waals surface area contributed by atoms with Crippen LogP contribution in [0, 0.1) is 0 Å². The van der Waals surface area contributed by atoms with Crippen molar-refractivity contribution in [3.05, 3.63) is 42.7 Å². The third-order valence-corrected chi connectivity index (χ3v) is 4.76. The quantitative estimate of drug-likeness (QED) is 0.451. The predicted octanol–water partition coefficient (Wildman–Crippen LogP) is 6.16. The fourth-order valence-corrected chi connectivity index (χ4v) is 3.38. The van der Waals surface area contributed by atoms with Crippen molar-refractivity contribution in [3.63, 3.8) is 0 Å². The summed E-state index contributed by atoms with van der Waals surface area (Å²) in [4.78, 5) is 5.02. The van der Waals surface area contributed by atoms with E-state index in [1.807, 2.05) is 0 Å². The van der Waals surface area contributed by atoms with E-state index < -0.39 is 0 Å². The van der Waals surface area contributed by atoms with Crippen LogP contribution in [0.4, 0.5) is 5.69 Å². The summed E-state index contributed by atoms with van der Waals surface area (Å²) in [5.41, 5.74) is 1.32. The zero-order valence-corrected chi connectivity index (χ0v) is 15.1. The van der Waals surface area contributed by atoms with Gasteiger partial charge in [0.1, 0.15) is 6.17 Å². The van der Waals surface area contributed by atoms with Crippen LogP contribution in [-0.4, -0.2) is 17.6 Å². The topological polar surface area (TPSA) is 6.48 Å². The maximum absolute atomic E-state index is 2.56. The van der Waals surface area contributed by atoms with Crippen molar-refractivity contribution in [2.75, 3.05) is 11.4 Å². The Bertz CT molecular complexity index is 440. The van der Waals surface area contributed by atoms with E-state index in [0.717, 1.165) is 0 Å². The molecule has 1 aromatic rings. The van der Waals surface area contributed by atoms with E-state index in [4.69, 9.17) is 0 Å². The van der Waals surface area contributed by atoms with Gasteiger partial charge in [-0.25, -0.2) is 0 Å². The lowest BCUT2D eigenvalue weighted by atomic mass is 10.1. The number of unbranched alkanes of at least 4 members (excludes halogenated alkanes) is 6. The molecule has 2 rings (SSSR count). The maximum atomic E-state index is 2.56. The van der Waals surface area contributed by atoms with Crippen LogP contribution in [0.15, 0.2) is 42.7 Å². The van der Waals surface area contributed by atoms with E-state index in [1.54, 1.807) is 0 Å². The molecule has 1 atom stereocenters. The van der Waals surface area contributed by atoms with E-state index in [1.165, 1.54) is 70.0 Å². The Labute approximate surface area is 143 Å². The van der Waals surface area contributed by atoms with Gasteiger partial charge < -0.3 is 9.80 Å². The normalized spacial score (nSPS) is 17.2. The average Bonchev–Trinajstić information content (AvgIpc) is 2.99. The number of hydrogen-bond acceptors (Lipinski definition) is 2. The van der Waals surface area contributed by atoms with Gasteiger partial charge in [-0.3, -0.25) is 0 Å². The summed E-state index contributed by atoms with van der Waals surface area (Å²) in [7, 11) is 0. The Balaban J connectivity index is 1.92. The summed E-state index contributed by atoms with van der Waals surface area (Å²) in [6, 6.07) is 10.8. The van der Waals surface area contributed by atoms with Gasteiger partial charge in [0.25, 0.3) is 0 Å². The largest absolute Gasteiger partial charge is 0.356 e. The van der Waals surface area contributed by atoms with Gasteiger partial charge in [-0.2, -0.15) is 0 Å².